The summed E-state index contributed by atoms with van der Waals surface area (Å²) in [4.78, 5) is 25.7. The lowest BCUT2D eigenvalue weighted by Crippen LogP contribution is -2.30. The molecule has 31 heavy (non-hydrogen) atoms. The van der Waals surface area contributed by atoms with Crippen molar-refractivity contribution in [2.75, 3.05) is 11.9 Å². The van der Waals surface area contributed by atoms with E-state index >= 15 is 0 Å². The largest absolute Gasteiger partial charge is 0.494 e. The van der Waals surface area contributed by atoms with Crippen LogP contribution in [0, 0.1) is 0 Å². The van der Waals surface area contributed by atoms with Crippen molar-refractivity contribution in [3.05, 3.63) is 99.1 Å². The molecule has 5 nitrogen and oxygen atoms in total. The van der Waals surface area contributed by atoms with Crippen molar-refractivity contribution >= 4 is 51.1 Å². The summed E-state index contributed by atoms with van der Waals surface area (Å²) in [7, 11) is 0. The van der Waals surface area contributed by atoms with Gasteiger partial charge in [0, 0.05) is 10.2 Å². The predicted molar refractivity (Wildman–Crippen MR) is 127 cm³/mol. The van der Waals surface area contributed by atoms with Gasteiger partial charge < -0.3 is 15.4 Å². The van der Waals surface area contributed by atoms with E-state index in [1.165, 1.54) is 0 Å². The molecule has 3 aromatic rings. The Bertz CT molecular complexity index is 1100. The monoisotopic (exact) mass is 498 g/mol. The van der Waals surface area contributed by atoms with Crippen molar-refractivity contribution in [3.8, 4) is 5.75 Å². The number of halogens is 2. The number of amides is 2. The molecule has 0 aromatic heterocycles. The number of hydrogen-bond acceptors (Lipinski definition) is 3. The first-order valence-electron chi connectivity index (χ1n) is 9.53. The van der Waals surface area contributed by atoms with E-state index in [4.69, 9.17) is 16.3 Å². The third-order valence-electron chi connectivity index (χ3n) is 4.22. The van der Waals surface area contributed by atoms with Gasteiger partial charge in [-0.2, -0.15) is 0 Å². The molecule has 3 rings (SSSR count). The van der Waals surface area contributed by atoms with E-state index in [-0.39, 0.29) is 11.3 Å². The van der Waals surface area contributed by atoms with Crippen molar-refractivity contribution in [1.29, 1.82) is 0 Å². The quantitative estimate of drug-likeness (QED) is 0.397. The van der Waals surface area contributed by atoms with Crippen LogP contribution in [0.5, 0.6) is 5.75 Å². The number of carbonyl (C=O) groups is 2. The highest BCUT2D eigenvalue weighted by Crippen LogP contribution is 2.19. The van der Waals surface area contributed by atoms with Gasteiger partial charge in [0.2, 0.25) is 0 Å². The van der Waals surface area contributed by atoms with Gasteiger partial charge in [-0.3, -0.25) is 9.59 Å². The second-order valence-electron chi connectivity index (χ2n) is 6.46. The standard InChI is InChI=1S/C24H20BrClN2O3/c1-2-31-19-13-11-18(12-14-19)27-24(30)22(15-16-7-9-17(25)10-8-16)28-23(29)20-5-3-4-6-21(20)26/h3-15H,2H2,1H3,(H,27,30)(H,28,29)/b22-15+. The Kier molecular flexibility index (Phi) is 7.87. The Morgan fingerprint density at radius 3 is 2.32 bits per heavy atom. The first-order valence-corrected chi connectivity index (χ1v) is 10.7. The Morgan fingerprint density at radius 2 is 1.68 bits per heavy atom. The Hall–Kier alpha value is -3.09. The van der Waals surface area contributed by atoms with Crippen LogP contribution in [0.4, 0.5) is 5.69 Å². The van der Waals surface area contributed by atoms with Crippen molar-refractivity contribution < 1.29 is 14.3 Å². The summed E-state index contributed by atoms with van der Waals surface area (Å²) in [6, 6.07) is 21.0. The molecule has 2 amide bonds. The van der Waals surface area contributed by atoms with E-state index in [2.05, 4.69) is 26.6 Å². The molecule has 158 valence electrons. The Labute approximate surface area is 194 Å². The fourth-order valence-electron chi connectivity index (χ4n) is 2.72. The highest BCUT2D eigenvalue weighted by molar-refractivity contribution is 9.10. The van der Waals surface area contributed by atoms with Crippen LogP contribution in [-0.4, -0.2) is 18.4 Å². The fraction of sp³-hybridized carbons (Fsp3) is 0.0833. The molecule has 0 aliphatic carbocycles. The smallest absolute Gasteiger partial charge is 0.272 e. The molecule has 0 bridgehead atoms. The van der Waals surface area contributed by atoms with Gasteiger partial charge in [0.25, 0.3) is 11.8 Å². The van der Waals surface area contributed by atoms with E-state index in [9.17, 15) is 9.59 Å². The second kappa shape index (κ2) is 10.8. The van der Waals surface area contributed by atoms with Crippen molar-refractivity contribution in [2.24, 2.45) is 0 Å². The molecular formula is C24H20BrClN2O3. The van der Waals surface area contributed by atoms with Crippen LogP contribution in [0.3, 0.4) is 0 Å². The summed E-state index contributed by atoms with van der Waals surface area (Å²) in [6.07, 6.45) is 1.60. The number of hydrogen-bond donors (Lipinski definition) is 2. The molecule has 0 saturated carbocycles. The van der Waals surface area contributed by atoms with Crippen LogP contribution in [-0.2, 0) is 4.79 Å². The number of anilines is 1. The molecule has 0 fully saturated rings. The second-order valence-corrected chi connectivity index (χ2v) is 7.78. The minimum absolute atomic E-state index is 0.0844. The first-order chi connectivity index (χ1) is 15.0. The highest BCUT2D eigenvalue weighted by atomic mass is 79.9. The maximum absolute atomic E-state index is 13.0. The van der Waals surface area contributed by atoms with Crippen LogP contribution in [0.2, 0.25) is 5.02 Å². The predicted octanol–water partition coefficient (Wildman–Crippen LogP) is 5.91. The zero-order chi connectivity index (χ0) is 22.2. The summed E-state index contributed by atoms with van der Waals surface area (Å²) < 4.78 is 6.32. The molecule has 0 radical (unpaired) electrons. The molecule has 0 spiro atoms. The lowest BCUT2D eigenvalue weighted by atomic mass is 10.1. The zero-order valence-electron chi connectivity index (χ0n) is 16.7. The molecule has 3 aromatic carbocycles. The lowest BCUT2D eigenvalue weighted by Gasteiger charge is -2.12. The van der Waals surface area contributed by atoms with Gasteiger partial charge in [-0.15, -0.1) is 0 Å². The highest BCUT2D eigenvalue weighted by Gasteiger charge is 2.17. The number of ether oxygens (including phenoxy) is 1. The van der Waals surface area contributed by atoms with Crippen LogP contribution in [0.15, 0.2) is 83.0 Å². The average molecular weight is 500 g/mol. The normalized spacial score (nSPS) is 11.0. The van der Waals surface area contributed by atoms with Gasteiger partial charge in [0.15, 0.2) is 0 Å². The topological polar surface area (TPSA) is 67.4 Å². The van der Waals surface area contributed by atoms with Crippen LogP contribution in [0.25, 0.3) is 6.08 Å². The van der Waals surface area contributed by atoms with Crippen molar-refractivity contribution in [2.45, 2.75) is 6.92 Å². The molecule has 0 atom stereocenters. The average Bonchev–Trinajstić information content (AvgIpc) is 2.76. The molecule has 0 aliphatic heterocycles. The molecule has 0 heterocycles. The lowest BCUT2D eigenvalue weighted by molar-refractivity contribution is -0.113. The summed E-state index contributed by atoms with van der Waals surface area (Å²) in [5.74, 6) is -0.235. The van der Waals surface area contributed by atoms with E-state index in [1.807, 2.05) is 31.2 Å². The van der Waals surface area contributed by atoms with E-state index in [0.717, 1.165) is 10.0 Å². The van der Waals surface area contributed by atoms with E-state index in [0.29, 0.717) is 23.1 Å². The molecule has 0 saturated heterocycles. The third kappa shape index (κ3) is 6.44. The molecular weight excluding hydrogens is 480 g/mol. The number of carbonyl (C=O) groups excluding carboxylic acids is 2. The number of nitrogens with one attached hydrogen (secondary N) is 2. The van der Waals surface area contributed by atoms with Gasteiger partial charge in [0.1, 0.15) is 11.4 Å². The number of benzene rings is 3. The van der Waals surface area contributed by atoms with Gasteiger partial charge in [0.05, 0.1) is 17.2 Å². The van der Waals surface area contributed by atoms with E-state index < -0.39 is 11.8 Å². The maximum Gasteiger partial charge on any atom is 0.272 e. The Morgan fingerprint density at radius 1 is 1.00 bits per heavy atom. The zero-order valence-corrected chi connectivity index (χ0v) is 19.0. The summed E-state index contributed by atoms with van der Waals surface area (Å²) >= 11 is 9.52. The molecule has 2 N–H and O–H groups in total. The SMILES string of the molecule is CCOc1ccc(NC(=O)/C(=C\c2ccc(Br)cc2)NC(=O)c2ccccc2Cl)cc1. The van der Waals surface area contributed by atoms with Gasteiger partial charge in [-0.1, -0.05) is 51.8 Å². The van der Waals surface area contributed by atoms with E-state index in [1.54, 1.807) is 54.6 Å². The summed E-state index contributed by atoms with van der Waals surface area (Å²) in [5, 5.41) is 5.77. The van der Waals surface area contributed by atoms with Crippen molar-refractivity contribution in [3.63, 3.8) is 0 Å². The minimum Gasteiger partial charge on any atom is -0.494 e. The Balaban J connectivity index is 1.85. The summed E-state index contributed by atoms with van der Waals surface area (Å²) in [5.41, 5.74) is 1.68. The van der Waals surface area contributed by atoms with Crippen molar-refractivity contribution in [1.82, 2.24) is 5.32 Å². The first kappa shape index (κ1) is 22.6. The van der Waals surface area contributed by atoms with Gasteiger partial charge >= 0.3 is 0 Å². The fourth-order valence-corrected chi connectivity index (χ4v) is 3.20. The number of rotatable bonds is 7. The van der Waals surface area contributed by atoms with Crippen LogP contribution in [0.1, 0.15) is 22.8 Å². The molecule has 0 aliphatic rings. The van der Waals surface area contributed by atoms with Gasteiger partial charge in [-0.05, 0) is 67.1 Å². The maximum atomic E-state index is 13.0. The molecule has 7 heteroatoms. The molecule has 0 unspecified atom stereocenters. The third-order valence-corrected chi connectivity index (χ3v) is 5.07. The minimum atomic E-state index is -0.476. The van der Waals surface area contributed by atoms with Gasteiger partial charge in [-0.25, -0.2) is 0 Å². The van der Waals surface area contributed by atoms with Crippen LogP contribution >= 0.6 is 27.5 Å². The van der Waals surface area contributed by atoms with Crippen LogP contribution < -0.4 is 15.4 Å². The summed E-state index contributed by atoms with van der Waals surface area (Å²) in [6.45, 7) is 2.45.